The average Bonchev–Trinajstić information content (AvgIpc) is 2.61. The fourth-order valence-electron chi connectivity index (χ4n) is 3.36. The van der Waals surface area contributed by atoms with Gasteiger partial charge in [-0.2, -0.15) is 4.39 Å². The van der Waals surface area contributed by atoms with E-state index < -0.39 is 41.4 Å². The van der Waals surface area contributed by atoms with Gasteiger partial charge in [0.2, 0.25) is 11.8 Å². The van der Waals surface area contributed by atoms with Crippen LogP contribution in [0, 0.1) is 23.6 Å². The van der Waals surface area contributed by atoms with E-state index in [-0.39, 0.29) is 19.6 Å². The van der Waals surface area contributed by atoms with Gasteiger partial charge in [0.1, 0.15) is 17.7 Å². The van der Waals surface area contributed by atoms with E-state index in [1.807, 2.05) is 0 Å². The number of nitrogens with one attached hydrogen (secondary N) is 3. The van der Waals surface area contributed by atoms with Crippen molar-refractivity contribution < 1.29 is 25.6 Å². The molecule has 2 atom stereocenters. The smallest absolute Gasteiger partial charge is 0.249 e. The molecule has 0 saturated carbocycles. The highest BCUT2D eigenvalue weighted by molar-refractivity contribution is 6.04. The average molecular weight is 394 g/mol. The largest absolute Gasteiger partial charge is 0.349 e. The lowest BCUT2D eigenvalue weighted by Crippen LogP contribution is -2.43. The van der Waals surface area contributed by atoms with Crippen molar-refractivity contribution in [3.8, 4) is 0 Å². The summed E-state index contributed by atoms with van der Waals surface area (Å²) in [4.78, 5) is 25.2. The first kappa shape index (κ1) is 19.7. The van der Waals surface area contributed by atoms with E-state index in [9.17, 15) is 22.8 Å². The number of benzene rings is 1. The van der Waals surface area contributed by atoms with Crippen LogP contribution in [0.1, 0.15) is 35.2 Å². The summed E-state index contributed by atoms with van der Waals surface area (Å²) in [5.74, 6) is -4.08. The lowest BCUT2D eigenvalue weighted by molar-refractivity contribution is -0.126. The first-order valence-corrected chi connectivity index (χ1v) is 8.68. The van der Waals surface area contributed by atoms with Crippen molar-refractivity contribution in [2.24, 2.45) is 5.92 Å². The van der Waals surface area contributed by atoms with Crippen LogP contribution < -0.4 is 16.0 Å². The number of hydrogen-bond acceptors (Lipinski definition) is 3. The number of fused-ring (bicyclic) bond motifs is 1. The first-order valence-electron chi connectivity index (χ1n) is 8.68. The van der Waals surface area contributed by atoms with Crippen LogP contribution in [0.3, 0.4) is 0 Å². The molecule has 0 fully saturated rings. The van der Waals surface area contributed by atoms with E-state index in [0.717, 1.165) is 12.1 Å². The van der Waals surface area contributed by atoms with Gasteiger partial charge in [-0.1, -0.05) is 6.07 Å². The summed E-state index contributed by atoms with van der Waals surface area (Å²) < 4.78 is 41.2. The minimum Gasteiger partial charge on any atom is -0.349 e. The van der Waals surface area contributed by atoms with Gasteiger partial charge in [-0.15, -0.1) is 0 Å². The Morgan fingerprint density at radius 1 is 1.21 bits per heavy atom. The second-order valence-electron chi connectivity index (χ2n) is 6.69. The van der Waals surface area contributed by atoms with Gasteiger partial charge in [0.25, 0.3) is 0 Å². The lowest BCUT2D eigenvalue weighted by atomic mass is 9.84. The van der Waals surface area contributed by atoms with E-state index in [2.05, 4.69) is 16.0 Å². The predicted molar refractivity (Wildman–Crippen MR) is 101 cm³/mol. The molecule has 5 nitrogen and oxygen atoms in total. The van der Waals surface area contributed by atoms with Crippen LogP contribution >= 0.6 is 0 Å². The minimum absolute atomic E-state index is 0. The molecule has 1 aromatic carbocycles. The predicted octanol–water partition coefficient (Wildman–Crippen LogP) is 3.55. The Kier molecular flexibility index (Phi) is 5.31. The zero-order chi connectivity index (χ0) is 20.6. The second kappa shape index (κ2) is 7.53. The zero-order valence-corrected chi connectivity index (χ0v) is 15.5. The molecule has 0 spiro atoms. The van der Waals surface area contributed by atoms with Crippen LogP contribution in [0.15, 0.2) is 53.1 Å². The Hall–Kier alpha value is -3.03. The highest BCUT2D eigenvalue weighted by Gasteiger charge is 2.37. The summed E-state index contributed by atoms with van der Waals surface area (Å²) in [5, 5.41) is 7.63. The molecule has 3 N–H and O–H groups in total. The van der Waals surface area contributed by atoms with E-state index in [1.54, 1.807) is 13.8 Å². The molecule has 2 amide bonds. The third-order valence-electron chi connectivity index (χ3n) is 4.83. The van der Waals surface area contributed by atoms with Crippen molar-refractivity contribution in [3.63, 3.8) is 0 Å². The van der Waals surface area contributed by atoms with E-state index >= 15 is 0 Å². The third-order valence-corrected chi connectivity index (χ3v) is 4.83. The molecular weight excluding hydrogens is 371 g/mol. The van der Waals surface area contributed by atoms with E-state index in [4.69, 9.17) is 0 Å². The van der Waals surface area contributed by atoms with Crippen LogP contribution in [0.25, 0.3) is 0 Å². The van der Waals surface area contributed by atoms with Gasteiger partial charge >= 0.3 is 0 Å². The second-order valence-corrected chi connectivity index (χ2v) is 6.69. The van der Waals surface area contributed by atoms with Crippen LogP contribution in [0.2, 0.25) is 0 Å². The molecule has 0 aromatic heterocycles. The third kappa shape index (κ3) is 3.54. The monoisotopic (exact) mass is 394 g/mol. The Bertz CT molecular complexity index is 947. The van der Waals surface area contributed by atoms with Gasteiger partial charge < -0.3 is 16.0 Å². The Balaban J connectivity index is 0.00000225. The van der Waals surface area contributed by atoms with Gasteiger partial charge in [-0.25, -0.2) is 8.78 Å². The number of hydrogen-bond donors (Lipinski definition) is 3. The standard InChI is InChI=1S/C20H19F3N3O2.2H2/c1-9-16(20(28)26-15-6-7-24-18(23)17(9)15)10(2)19(27)25-11(3)13-5-4-12(21)8-14(13)22;;/h4-8,10-11,24H,1-3H3,(H,25,27)(H,26,28);2*1H/t10-,11+;;/m1../s1. The van der Waals surface area contributed by atoms with Crippen molar-refractivity contribution in [1.82, 2.24) is 16.0 Å². The van der Waals surface area contributed by atoms with Crippen molar-refractivity contribution in [3.05, 3.63) is 76.4 Å². The summed E-state index contributed by atoms with van der Waals surface area (Å²) >= 11 is 0. The Labute approximate surface area is 163 Å². The van der Waals surface area contributed by atoms with Crippen LogP contribution in [-0.4, -0.2) is 11.8 Å². The van der Waals surface area contributed by atoms with E-state index in [0.29, 0.717) is 11.6 Å². The maximum Gasteiger partial charge on any atom is 0.249 e. The molecule has 0 bridgehead atoms. The summed E-state index contributed by atoms with van der Waals surface area (Å²) in [7, 11) is 0. The van der Waals surface area contributed by atoms with Gasteiger partial charge in [0.15, 0.2) is 5.95 Å². The molecule has 151 valence electrons. The quantitative estimate of drug-likeness (QED) is 0.684. The molecule has 0 unspecified atom stereocenters. The fourth-order valence-corrected chi connectivity index (χ4v) is 3.36. The Morgan fingerprint density at radius 3 is 2.61 bits per heavy atom. The summed E-state index contributed by atoms with van der Waals surface area (Å²) in [6, 6.07) is 2.65. The number of halogens is 3. The van der Waals surface area contributed by atoms with Gasteiger partial charge in [0, 0.05) is 31.8 Å². The molecule has 2 heterocycles. The van der Waals surface area contributed by atoms with E-state index in [1.165, 1.54) is 25.3 Å². The maximum atomic E-state index is 14.2. The normalized spacial score (nSPS) is 19.0. The van der Waals surface area contributed by atoms with Crippen molar-refractivity contribution in [1.29, 1.82) is 0 Å². The summed E-state index contributed by atoms with van der Waals surface area (Å²) in [6.07, 6.45) is 2.89. The molecule has 3 rings (SSSR count). The molecule has 1 aromatic rings. The SMILES string of the molecule is CC1=C([C@@H](C)C(=O)N[C@@H](C)c2ccc(F)cc2F)C(=O)N[C]2C=CNC(F)=C21.[HH].[HH]. The number of amides is 2. The summed E-state index contributed by atoms with van der Waals surface area (Å²) in [6.45, 7) is 4.63. The van der Waals surface area contributed by atoms with Gasteiger partial charge in [-0.05, 0) is 38.5 Å². The number of dihydropyridines is 1. The molecule has 2 aliphatic heterocycles. The van der Waals surface area contributed by atoms with Gasteiger partial charge in [-0.3, -0.25) is 9.59 Å². The Morgan fingerprint density at radius 2 is 1.93 bits per heavy atom. The van der Waals surface area contributed by atoms with Gasteiger partial charge in [0.05, 0.1) is 12.0 Å². The molecule has 0 saturated heterocycles. The van der Waals surface area contributed by atoms with Crippen LogP contribution in [-0.2, 0) is 9.59 Å². The van der Waals surface area contributed by atoms with Crippen LogP contribution in [0.4, 0.5) is 13.2 Å². The fraction of sp³-hybridized carbons (Fsp3) is 0.250. The highest BCUT2D eigenvalue weighted by atomic mass is 19.1. The maximum absolute atomic E-state index is 14.2. The molecule has 2 aliphatic rings. The lowest BCUT2D eigenvalue weighted by Gasteiger charge is -2.31. The topological polar surface area (TPSA) is 70.2 Å². The van der Waals surface area contributed by atoms with Crippen LogP contribution in [0.5, 0.6) is 0 Å². The molecule has 28 heavy (non-hydrogen) atoms. The minimum atomic E-state index is -0.918. The first-order chi connectivity index (χ1) is 13.2. The molecular formula is C20H23F3N3O2. The molecule has 0 aliphatic carbocycles. The number of carbonyl (C=O) groups is 2. The highest BCUT2D eigenvalue weighted by Crippen LogP contribution is 2.35. The van der Waals surface area contributed by atoms with Crippen molar-refractivity contribution in [2.45, 2.75) is 26.8 Å². The van der Waals surface area contributed by atoms with Crippen molar-refractivity contribution >= 4 is 11.8 Å². The molecule has 1 radical (unpaired) electrons. The number of carbonyl (C=O) groups excluding carboxylic acids is 2. The molecule has 8 heteroatoms. The zero-order valence-electron chi connectivity index (χ0n) is 15.5. The summed E-state index contributed by atoms with van der Waals surface area (Å²) in [5.41, 5.74) is 0.771. The van der Waals surface area contributed by atoms with Crippen molar-refractivity contribution in [2.75, 3.05) is 0 Å². The number of rotatable bonds is 4.